The molecule has 0 bridgehead atoms. The van der Waals surface area contributed by atoms with Crippen LogP contribution in [0.2, 0.25) is 0 Å². The fraction of sp³-hybridized carbons (Fsp3) is 0.400. The van der Waals surface area contributed by atoms with E-state index in [1.165, 1.54) is 6.42 Å². The van der Waals surface area contributed by atoms with E-state index in [1.807, 2.05) is 36.5 Å². The first-order chi connectivity index (χ1) is 12.8. The Bertz CT molecular complexity index is 788. The normalized spacial score (nSPS) is 18.5. The number of guanidine groups is 1. The second kappa shape index (κ2) is 7.23. The Morgan fingerprint density at radius 1 is 1.12 bits per heavy atom. The van der Waals surface area contributed by atoms with Crippen LogP contribution in [0.15, 0.2) is 47.6 Å². The van der Waals surface area contributed by atoms with E-state index in [-0.39, 0.29) is 5.41 Å². The van der Waals surface area contributed by atoms with Gasteiger partial charge in [0.1, 0.15) is 0 Å². The van der Waals surface area contributed by atoms with Gasteiger partial charge in [-0.15, -0.1) is 0 Å². The van der Waals surface area contributed by atoms with Gasteiger partial charge in [-0.25, -0.2) is 0 Å². The smallest absolute Gasteiger partial charge is 0.193 e. The van der Waals surface area contributed by atoms with Crippen molar-refractivity contribution < 1.29 is 9.47 Å². The lowest BCUT2D eigenvalue weighted by Crippen LogP contribution is -2.39. The highest BCUT2D eigenvalue weighted by atomic mass is 16.5. The third kappa shape index (κ3) is 3.45. The van der Waals surface area contributed by atoms with Crippen molar-refractivity contribution in [1.29, 1.82) is 0 Å². The molecule has 6 nitrogen and oxygen atoms in total. The summed E-state index contributed by atoms with van der Waals surface area (Å²) < 4.78 is 11.4. The minimum Gasteiger partial charge on any atom is -0.490 e. The number of nitrogens with one attached hydrogen (secondary N) is 1. The topological polar surface area (TPSA) is 81.8 Å². The van der Waals surface area contributed by atoms with Crippen molar-refractivity contribution in [3.05, 3.63) is 48.3 Å². The Morgan fingerprint density at radius 2 is 1.96 bits per heavy atom. The Hall–Kier alpha value is -2.76. The predicted molar refractivity (Wildman–Crippen MR) is 102 cm³/mol. The molecule has 2 aromatic rings. The van der Waals surface area contributed by atoms with Gasteiger partial charge >= 0.3 is 0 Å². The van der Waals surface area contributed by atoms with Crippen LogP contribution in [0.5, 0.6) is 11.5 Å². The van der Waals surface area contributed by atoms with Gasteiger partial charge in [0.25, 0.3) is 0 Å². The van der Waals surface area contributed by atoms with E-state index >= 15 is 0 Å². The van der Waals surface area contributed by atoms with Crippen LogP contribution in [-0.4, -0.2) is 30.7 Å². The fourth-order valence-electron chi connectivity index (χ4n) is 3.44. The molecule has 0 unspecified atom stereocenters. The van der Waals surface area contributed by atoms with E-state index in [4.69, 9.17) is 15.2 Å². The molecule has 2 heterocycles. The number of aliphatic imine (C=N–C) groups is 1. The number of pyridine rings is 1. The van der Waals surface area contributed by atoms with Crippen molar-refractivity contribution in [2.24, 2.45) is 10.7 Å². The van der Waals surface area contributed by atoms with Crippen molar-refractivity contribution in [2.75, 3.05) is 25.1 Å². The molecule has 0 amide bonds. The van der Waals surface area contributed by atoms with E-state index in [0.29, 0.717) is 25.7 Å². The lowest BCUT2D eigenvalue weighted by Gasteiger charge is -2.40. The summed E-state index contributed by atoms with van der Waals surface area (Å²) in [5.41, 5.74) is 8.10. The fourth-order valence-corrected chi connectivity index (χ4v) is 3.44. The maximum absolute atomic E-state index is 6.12. The summed E-state index contributed by atoms with van der Waals surface area (Å²) in [6, 6.07) is 11.8. The minimum atomic E-state index is 0.0261. The summed E-state index contributed by atoms with van der Waals surface area (Å²) in [6.45, 7) is 1.99. The van der Waals surface area contributed by atoms with Crippen molar-refractivity contribution in [1.82, 2.24) is 4.98 Å². The summed E-state index contributed by atoms with van der Waals surface area (Å²) >= 11 is 0. The molecular formula is C20H24N4O2. The van der Waals surface area contributed by atoms with Crippen LogP contribution in [0, 0.1) is 0 Å². The van der Waals surface area contributed by atoms with Crippen LogP contribution < -0.4 is 20.5 Å². The number of hydrogen-bond donors (Lipinski definition) is 2. The molecule has 2 aliphatic rings. The molecule has 0 radical (unpaired) electrons. The highest BCUT2D eigenvalue weighted by molar-refractivity contribution is 5.92. The SMILES string of the molecule is NC(=NCC1(c2ccccn2)CCC1)Nc1ccc2c(c1)OCCCO2. The van der Waals surface area contributed by atoms with Crippen molar-refractivity contribution >= 4 is 11.6 Å². The molecule has 136 valence electrons. The van der Waals surface area contributed by atoms with Crippen LogP contribution >= 0.6 is 0 Å². The number of nitrogens with zero attached hydrogens (tertiary/aromatic N) is 2. The number of fused-ring (bicyclic) bond motifs is 1. The number of hydrogen-bond acceptors (Lipinski definition) is 4. The van der Waals surface area contributed by atoms with Gasteiger partial charge in [-0.1, -0.05) is 12.5 Å². The highest BCUT2D eigenvalue weighted by Gasteiger charge is 2.39. The van der Waals surface area contributed by atoms with Crippen LogP contribution in [0.1, 0.15) is 31.4 Å². The maximum atomic E-state index is 6.12. The molecule has 3 N–H and O–H groups in total. The Morgan fingerprint density at radius 3 is 2.69 bits per heavy atom. The first kappa shape index (κ1) is 16.7. The van der Waals surface area contributed by atoms with Gasteiger partial charge in [0.15, 0.2) is 17.5 Å². The molecular weight excluding hydrogens is 328 g/mol. The van der Waals surface area contributed by atoms with Crippen LogP contribution in [0.25, 0.3) is 0 Å². The summed E-state index contributed by atoms with van der Waals surface area (Å²) in [5.74, 6) is 1.91. The summed E-state index contributed by atoms with van der Waals surface area (Å²) in [7, 11) is 0. The van der Waals surface area contributed by atoms with Crippen molar-refractivity contribution in [3.8, 4) is 11.5 Å². The lowest BCUT2D eigenvalue weighted by atomic mass is 9.66. The standard InChI is InChI=1S/C20H24N4O2/c21-19(23-14-20(8-3-9-20)18-5-1-2-10-22-18)24-15-6-7-16-17(13-15)26-12-4-11-25-16/h1-2,5-7,10,13H,3-4,8-9,11-12,14H2,(H3,21,23,24). The second-order valence-corrected chi connectivity index (χ2v) is 6.89. The molecule has 1 fully saturated rings. The van der Waals surface area contributed by atoms with Gasteiger partial charge in [0.05, 0.1) is 19.8 Å². The average molecular weight is 352 g/mol. The molecule has 6 heteroatoms. The number of anilines is 1. The summed E-state index contributed by atoms with van der Waals surface area (Å²) in [4.78, 5) is 9.12. The number of nitrogens with two attached hydrogens (primary N) is 1. The van der Waals surface area contributed by atoms with Crippen LogP contribution in [-0.2, 0) is 5.41 Å². The molecule has 1 aliphatic heterocycles. The third-order valence-corrected chi connectivity index (χ3v) is 5.09. The van der Waals surface area contributed by atoms with Crippen molar-refractivity contribution in [2.45, 2.75) is 31.1 Å². The number of rotatable bonds is 4. The van der Waals surface area contributed by atoms with Crippen molar-refractivity contribution in [3.63, 3.8) is 0 Å². The Balaban J connectivity index is 1.45. The summed E-state index contributed by atoms with van der Waals surface area (Å²) in [6.07, 6.45) is 6.15. The number of benzene rings is 1. The quantitative estimate of drug-likeness (QED) is 0.653. The van der Waals surface area contributed by atoms with Gasteiger partial charge in [0, 0.05) is 35.5 Å². The zero-order chi connectivity index (χ0) is 17.8. The molecule has 0 spiro atoms. The van der Waals surface area contributed by atoms with E-state index in [1.54, 1.807) is 0 Å². The predicted octanol–water partition coefficient (Wildman–Crippen LogP) is 3.09. The zero-order valence-electron chi connectivity index (χ0n) is 14.8. The molecule has 0 saturated heterocycles. The molecule has 26 heavy (non-hydrogen) atoms. The molecule has 1 aliphatic carbocycles. The van der Waals surface area contributed by atoms with E-state index in [2.05, 4.69) is 21.4 Å². The minimum absolute atomic E-state index is 0.0261. The first-order valence-electron chi connectivity index (χ1n) is 9.13. The molecule has 1 aromatic carbocycles. The molecule has 0 atom stereocenters. The monoisotopic (exact) mass is 352 g/mol. The first-order valence-corrected chi connectivity index (χ1v) is 9.13. The second-order valence-electron chi connectivity index (χ2n) is 6.89. The van der Waals surface area contributed by atoms with Gasteiger partial charge in [-0.2, -0.15) is 0 Å². The number of ether oxygens (including phenoxy) is 2. The van der Waals surface area contributed by atoms with E-state index < -0.39 is 0 Å². The largest absolute Gasteiger partial charge is 0.490 e. The van der Waals surface area contributed by atoms with Gasteiger partial charge < -0.3 is 20.5 Å². The average Bonchev–Trinajstić information content (AvgIpc) is 2.87. The van der Waals surface area contributed by atoms with Crippen LogP contribution in [0.3, 0.4) is 0 Å². The van der Waals surface area contributed by atoms with E-state index in [9.17, 15) is 0 Å². The number of aromatic nitrogens is 1. The van der Waals surface area contributed by atoms with Gasteiger partial charge in [-0.05, 0) is 37.1 Å². The van der Waals surface area contributed by atoms with E-state index in [0.717, 1.165) is 42.1 Å². The zero-order valence-corrected chi connectivity index (χ0v) is 14.8. The Labute approximate surface area is 153 Å². The van der Waals surface area contributed by atoms with Gasteiger partial charge in [0.2, 0.25) is 0 Å². The third-order valence-electron chi connectivity index (χ3n) is 5.09. The Kier molecular flexibility index (Phi) is 4.65. The van der Waals surface area contributed by atoms with Gasteiger partial charge in [-0.3, -0.25) is 9.98 Å². The maximum Gasteiger partial charge on any atom is 0.193 e. The van der Waals surface area contributed by atoms with Crippen LogP contribution in [0.4, 0.5) is 5.69 Å². The lowest BCUT2D eigenvalue weighted by molar-refractivity contribution is 0.246. The highest BCUT2D eigenvalue weighted by Crippen LogP contribution is 2.43. The molecule has 1 saturated carbocycles. The molecule has 1 aromatic heterocycles. The summed E-state index contributed by atoms with van der Waals surface area (Å²) in [5, 5.41) is 3.16. The molecule has 4 rings (SSSR count).